The molecule has 1 spiro atoms. The second-order valence-electron chi connectivity index (χ2n) is 6.69. The maximum Gasteiger partial charge on any atom is 0.317 e. The van der Waals surface area contributed by atoms with Gasteiger partial charge >= 0.3 is 6.03 Å². The van der Waals surface area contributed by atoms with Gasteiger partial charge in [-0.05, 0) is 38.1 Å². The average Bonchev–Trinajstić information content (AvgIpc) is 2.81. The van der Waals surface area contributed by atoms with E-state index in [2.05, 4.69) is 10.6 Å². The fourth-order valence-electron chi connectivity index (χ4n) is 3.29. The fourth-order valence-corrected chi connectivity index (χ4v) is 3.93. The largest absolute Gasteiger partial charge is 0.351 e. The maximum atomic E-state index is 12.3. The van der Waals surface area contributed by atoms with E-state index in [9.17, 15) is 9.59 Å². The Morgan fingerprint density at radius 2 is 2.32 bits per heavy atom. The molecule has 2 aliphatic rings. The summed E-state index contributed by atoms with van der Waals surface area (Å²) in [6.07, 6.45) is 1.85. The lowest BCUT2D eigenvalue weighted by atomic mass is 10.0. The van der Waals surface area contributed by atoms with Crippen LogP contribution in [0.15, 0.2) is 17.5 Å². The number of nitrogens with zero attached hydrogens (tertiary/aromatic N) is 1. The number of urea groups is 1. The van der Waals surface area contributed by atoms with Crippen LogP contribution in [0.2, 0.25) is 0 Å². The lowest BCUT2D eigenvalue weighted by Gasteiger charge is -2.19. The Hall–Kier alpha value is -1.56. The number of amides is 3. The molecule has 6 heteroatoms. The Morgan fingerprint density at radius 3 is 3.00 bits per heavy atom. The van der Waals surface area contributed by atoms with Crippen LogP contribution >= 0.6 is 11.3 Å². The Labute approximate surface area is 135 Å². The second kappa shape index (κ2) is 5.91. The van der Waals surface area contributed by atoms with Crippen molar-refractivity contribution in [3.05, 3.63) is 22.4 Å². The normalized spacial score (nSPS) is 26.5. The monoisotopic (exact) mass is 321 g/mol. The zero-order chi connectivity index (χ0) is 15.7. The Bertz CT molecular complexity index is 558. The molecular formula is C16H23N3O2S. The van der Waals surface area contributed by atoms with E-state index in [0.29, 0.717) is 13.1 Å². The number of hydrogen-bond donors (Lipinski definition) is 2. The van der Waals surface area contributed by atoms with Crippen molar-refractivity contribution in [1.29, 1.82) is 0 Å². The van der Waals surface area contributed by atoms with Crippen LogP contribution < -0.4 is 10.6 Å². The summed E-state index contributed by atoms with van der Waals surface area (Å²) in [6, 6.07) is 4.17. The third-order valence-corrected chi connectivity index (χ3v) is 5.48. The molecule has 22 heavy (non-hydrogen) atoms. The van der Waals surface area contributed by atoms with Crippen molar-refractivity contribution in [2.24, 2.45) is 11.3 Å². The topological polar surface area (TPSA) is 61.4 Å². The van der Waals surface area contributed by atoms with Gasteiger partial charge in [-0.3, -0.25) is 4.79 Å². The van der Waals surface area contributed by atoms with Crippen LogP contribution in [0.1, 0.15) is 31.6 Å². The number of thiophene rings is 1. The highest BCUT2D eigenvalue weighted by atomic mass is 32.1. The molecule has 1 aromatic heterocycles. The molecule has 3 amide bonds. The van der Waals surface area contributed by atoms with E-state index >= 15 is 0 Å². The van der Waals surface area contributed by atoms with Gasteiger partial charge in [0.1, 0.15) is 0 Å². The van der Waals surface area contributed by atoms with E-state index in [4.69, 9.17) is 0 Å². The van der Waals surface area contributed by atoms with Gasteiger partial charge in [-0.15, -0.1) is 11.3 Å². The number of carbonyl (C=O) groups is 2. The fraction of sp³-hybridized carbons (Fsp3) is 0.625. The molecule has 0 unspecified atom stereocenters. The molecule has 5 nitrogen and oxygen atoms in total. The molecule has 0 aromatic carbocycles. The molecule has 2 heterocycles. The van der Waals surface area contributed by atoms with Crippen molar-refractivity contribution in [3.8, 4) is 0 Å². The summed E-state index contributed by atoms with van der Waals surface area (Å²) in [5.41, 5.74) is 0.0356. The van der Waals surface area contributed by atoms with E-state index < -0.39 is 0 Å². The molecule has 0 radical (unpaired) electrons. The van der Waals surface area contributed by atoms with Crippen molar-refractivity contribution < 1.29 is 9.59 Å². The van der Waals surface area contributed by atoms with E-state index in [1.54, 1.807) is 11.3 Å². The number of carbonyl (C=O) groups excluding carboxylic acids is 2. The van der Waals surface area contributed by atoms with E-state index in [1.807, 2.05) is 36.3 Å². The van der Waals surface area contributed by atoms with E-state index in [0.717, 1.165) is 19.4 Å². The van der Waals surface area contributed by atoms with Gasteiger partial charge in [-0.25, -0.2) is 4.79 Å². The smallest absolute Gasteiger partial charge is 0.317 e. The number of likely N-dealkylation sites (tertiary alicyclic amines) is 1. The zero-order valence-corrected chi connectivity index (χ0v) is 13.9. The van der Waals surface area contributed by atoms with Crippen molar-refractivity contribution in [2.75, 3.05) is 13.1 Å². The van der Waals surface area contributed by atoms with E-state index in [-0.39, 0.29) is 29.3 Å². The molecular weight excluding hydrogens is 298 g/mol. The van der Waals surface area contributed by atoms with Crippen LogP contribution in [0.5, 0.6) is 0 Å². The third-order valence-electron chi connectivity index (χ3n) is 4.61. The quantitative estimate of drug-likeness (QED) is 0.893. The second-order valence-corrected chi connectivity index (χ2v) is 7.72. The molecule has 2 N–H and O–H groups in total. The Kier molecular flexibility index (Phi) is 4.12. The first-order chi connectivity index (χ1) is 10.5. The van der Waals surface area contributed by atoms with Gasteiger partial charge in [0.25, 0.3) is 0 Å². The van der Waals surface area contributed by atoms with Crippen molar-refractivity contribution in [3.63, 3.8) is 0 Å². The van der Waals surface area contributed by atoms with Crippen molar-refractivity contribution in [2.45, 2.75) is 39.3 Å². The summed E-state index contributed by atoms with van der Waals surface area (Å²) in [5, 5.41) is 7.97. The molecule has 1 saturated carbocycles. The minimum Gasteiger partial charge on any atom is -0.351 e. The van der Waals surface area contributed by atoms with Gasteiger partial charge in [0, 0.05) is 35.3 Å². The number of nitrogens with one attached hydrogen (secondary N) is 2. The molecule has 0 bridgehead atoms. The SMILES string of the molecule is CC(C)NC(=O)N1CC[C@@]2(C[C@H]2C(=O)NCc2cccs2)C1. The van der Waals surface area contributed by atoms with Gasteiger partial charge in [0.2, 0.25) is 5.91 Å². The predicted molar refractivity (Wildman–Crippen MR) is 86.6 cm³/mol. The van der Waals surface area contributed by atoms with Gasteiger partial charge in [0.05, 0.1) is 6.54 Å². The first-order valence-corrected chi connectivity index (χ1v) is 8.74. The minimum atomic E-state index is -0.00322. The molecule has 1 saturated heterocycles. The summed E-state index contributed by atoms with van der Waals surface area (Å²) < 4.78 is 0. The first kappa shape index (κ1) is 15.3. The summed E-state index contributed by atoms with van der Waals surface area (Å²) >= 11 is 1.65. The summed E-state index contributed by atoms with van der Waals surface area (Å²) in [6.45, 7) is 6.00. The molecule has 120 valence electrons. The van der Waals surface area contributed by atoms with Gasteiger partial charge < -0.3 is 15.5 Å². The molecule has 2 atom stereocenters. The van der Waals surface area contributed by atoms with Crippen molar-refractivity contribution in [1.82, 2.24) is 15.5 Å². The van der Waals surface area contributed by atoms with Gasteiger partial charge in [0.15, 0.2) is 0 Å². The molecule has 3 rings (SSSR count). The maximum absolute atomic E-state index is 12.3. The number of rotatable bonds is 4. The highest BCUT2D eigenvalue weighted by molar-refractivity contribution is 7.09. The lowest BCUT2D eigenvalue weighted by molar-refractivity contribution is -0.123. The average molecular weight is 321 g/mol. The Morgan fingerprint density at radius 1 is 1.50 bits per heavy atom. The van der Waals surface area contributed by atoms with Crippen LogP contribution in [0, 0.1) is 11.3 Å². The predicted octanol–water partition coefficient (Wildman–Crippen LogP) is 2.19. The molecule has 1 aliphatic heterocycles. The van der Waals surface area contributed by atoms with Crippen molar-refractivity contribution >= 4 is 23.3 Å². The minimum absolute atomic E-state index is 0.00322. The molecule has 1 aliphatic carbocycles. The zero-order valence-electron chi connectivity index (χ0n) is 13.1. The highest BCUT2D eigenvalue weighted by Crippen LogP contribution is 2.58. The summed E-state index contributed by atoms with van der Waals surface area (Å²) in [7, 11) is 0. The lowest BCUT2D eigenvalue weighted by Crippen LogP contribution is -2.42. The third kappa shape index (κ3) is 3.11. The first-order valence-electron chi connectivity index (χ1n) is 7.86. The summed E-state index contributed by atoms with van der Waals surface area (Å²) in [5.74, 6) is 0.212. The Balaban J connectivity index is 1.49. The van der Waals surface area contributed by atoms with Gasteiger partial charge in [-0.1, -0.05) is 6.07 Å². The summed E-state index contributed by atoms with van der Waals surface area (Å²) in [4.78, 5) is 27.4. The highest BCUT2D eigenvalue weighted by Gasteiger charge is 2.61. The van der Waals surface area contributed by atoms with Crippen LogP contribution in [-0.4, -0.2) is 36.0 Å². The van der Waals surface area contributed by atoms with Crippen LogP contribution in [-0.2, 0) is 11.3 Å². The van der Waals surface area contributed by atoms with E-state index in [1.165, 1.54) is 4.88 Å². The van der Waals surface area contributed by atoms with Crippen LogP contribution in [0.3, 0.4) is 0 Å². The number of hydrogen-bond acceptors (Lipinski definition) is 3. The van der Waals surface area contributed by atoms with Crippen LogP contribution in [0.4, 0.5) is 4.79 Å². The van der Waals surface area contributed by atoms with Crippen LogP contribution in [0.25, 0.3) is 0 Å². The van der Waals surface area contributed by atoms with Gasteiger partial charge in [-0.2, -0.15) is 0 Å². The standard InChI is InChI=1S/C16H23N3O2S/c1-11(2)18-15(21)19-6-5-16(10-19)8-13(16)14(20)17-9-12-4-3-7-22-12/h3-4,7,11,13H,5-6,8-10H2,1-2H3,(H,17,20)(H,18,21)/t13-,16+/m0/s1. The molecule has 2 fully saturated rings. The molecule has 1 aromatic rings.